The maximum atomic E-state index is 12.5. The summed E-state index contributed by atoms with van der Waals surface area (Å²) in [6.07, 6.45) is 6.21. The Morgan fingerprint density at radius 3 is 2.96 bits per heavy atom. The molecular weight excluding hydrogens is 382 g/mol. The Balaban J connectivity index is 1.85. The Bertz CT molecular complexity index is 888. The van der Waals surface area contributed by atoms with Gasteiger partial charge < -0.3 is 10.1 Å². The zero-order valence-electron chi connectivity index (χ0n) is 15.4. The molecule has 1 unspecified atom stereocenters. The molecule has 1 amide bonds. The summed E-state index contributed by atoms with van der Waals surface area (Å²) >= 11 is 7.45. The third-order valence-corrected chi connectivity index (χ3v) is 5.96. The fourth-order valence-corrected chi connectivity index (χ4v) is 4.89. The van der Waals surface area contributed by atoms with Gasteiger partial charge in [0.1, 0.15) is 5.00 Å². The molecule has 1 aromatic carbocycles. The van der Waals surface area contributed by atoms with Gasteiger partial charge in [-0.15, -0.1) is 11.3 Å². The van der Waals surface area contributed by atoms with Crippen molar-refractivity contribution in [1.29, 1.82) is 0 Å². The number of hydrogen-bond donors (Lipinski definition) is 1. The molecular formula is C21H22ClNO3S. The Morgan fingerprint density at radius 1 is 1.41 bits per heavy atom. The number of rotatable bonds is 5. The van der Waals surface area contributed by atoms with Gasteiger partial charge in [0.25, 0.3) is 0 Å². The molecule has 1 aromatic heterocycles. The quantitative estimate of drug-likeness (QED) is 0.516. The van der Waals surface area contributed by atoms with E-state index in [1.54, 1.807) is 25.1 Å². The lowest BCUT2D eigenvalue weighted by Crippen LogP contribution is -2.15. The van der Waals surface area contributed by atoms with Crippen LogP contribution in [0.25, 0.3) is 6.08 Å². The molecule has 0 spiro atoms. The molecule has 1 N–H and O–H groups in total. The van der Waals surface area contributed by atoms with E-state index >= 15 is 0 Å². The van der Waals surface area contributed by atoms with E-state index in [1.165, 1.54) is 22.3 Å². The van der Waals surface area contributed by atoms with Crippen molar-refractivity contribution < 1.29 is 14.3 Å². The van der Waals surface area contributed by atoms with E-state index in [2.05, 4.69) is 12.2 Å². The highest BCUT2D eigenvalue weighted by atomic mass is 35.5. The molecule has 3 rings (SSSR count). The van der Waals surface area contributed by atoms with Crippen molar-refractivity contribution in [2.24, 2.45) is 0 Å². The fraction of sp³-hybridized carbons (Fsp3) is 0.333. The maximum absolute atomic E-state index is 12.5. The molecule has 0 radical (unpaired) electrons. The molecule has 4 nitrogen and oxygen atoms in total. The number of amides is 1. The highest BCUT2D eigenvalue weighted by Gasteiger charge is 2.30. The topological polar surface area (TPSA) is 55.4 Å². The van der Waals surface area contributed by atoms with E-state index in [9.17, 15) is 9.59 Å². The first kappa shape index (κ1) is 19.6. The van der Waals surface area contributed by atoms with Gasteiger partial charge in [0.2, 0.25) is 5.91 Å². The molecule has 0 aliphatic heterocycles. The third kappa shape index (κ3) is 4.60. The number of anilines is 1. The summed E-state index contributed by atoms with van der Waals surface area (Å²) in [5.74, 6) is -0.360. The lowest BCUT2D eigenvalue weighted by molar-refractivity contribution is -0.111. The Morgan fingerprint density at radius 2 is 2.22 bits per heavy atom. The van der Waals surface area contributed by atoms with E-state index in [0.29, 0.717) is 22.2 Å². The molecule has 0 saturated heterocycles. The summed E-state index contributed by atoms with van der Waals surface area (Å²) in [6.45, 7) is 4.21. The van der Waals surface area contributed by atoms with Crippen molar-refractivity contribution in [2.75, 3.05) is 11.9 Å². The van der Waals surface area contributed by atoms with Crippen LogP contribution >= 0.6 is 22.9 Å². The van der Waals surface area contributed by atoms with Gasteiger partial charge in [-0.05, 0) is 61.4 Å². The zero-order chi connectivity index (χ0) is 19.4. The summed E-state index contributed by atoms with van der Waals surface area (Å²) in [6, 6.07) is 7.25. The standard InChI is InChI=1S/C21H22ClNO3S/c1-3-26-21(25)19-18-13(2)6-4-9-16(18)27-20(19)23-17(24)11-10-14-7-5-8-15(22)12-14/h5,7-8,10-13H,3-4,6,9H2,1-2H3,(H,23,24). The van der Waals surface area contributed by atoms with Gasteiger partial charge in [-0.25, -0.2) is 4.79 Å². The molecule has 0 bridgehead atoms. The second-order valence-corrected chi connectivity index (χ2v) is 8.08. The molecule has 1 aliphatic carbocycles. The minimum absolute atomic E-state index is 0.285. The smallest absolute Gasteiger partial charge is 0.341 e. The zero-order valence-corrected chi connectivity index (χ0v) is 17.0. The normalized spacial score (nSPS) is 16.2. The number of ether oxygens (including phenoxy) is 1. The summed E-state index contributed by atoms with van der Waals surface area (Å²) in [4.78, 5) is 26.1. The minimum Gasteiger partial charge on any atom is -0.462 e. The van der Waals surface area contributed by atoms with Crippen LogP contribution in [0.15, 0.2) is 30.3 Å². The number of hydrogen-bond acceptors (Lipinski definition) is 4. The van der Waals surface area contributed by atoms with Crippen LogP contribution in [0.1, 0.15) is 59.0 Å². The number of carbonyl (C=O) groups is 2. The van der Waals surface area contributed by atoms with Crippen molar-refractivity contribution in [3.8, 4) is 0 Å². The summed E-state index contributed by atoms with van der Waals surface area (Å²) in [5, 5.41) is 4.06. The van der Waals surface area contributed by atoms with Crippen LogP contribution in [0.2, 0.25) is 5.02 Å². The van der Waals surface area contributed by atoms with Gasteiger partial charge in [-0.1, -0.05) is 30.7 Å². The lowest BCUT2D eigenvalue weighted by atomic mass is 9.86. The van der Waals surface area contributed by atoms with Crippen LogP contribution in [-0.2, 0) is 16.0 Å². The van der Waals surface area contributed by atoms with E-state index in [1.807, 2.05) is 12.1 Å². The van der Waals surface area contributed by atoms with Crippen LogP contribution in [0, 0.1) is 0 Å². The summed E-state index contributed by atoms with van der Waals surface area (Å²) in [7, 11) is 0. The van der Waals surface area contributed by atoms with Gasteiger partial charge >= 0.3 is 5.97 Å². The van der Waals surface area contributed by atoms with E-state index in [4.69, 9.17) is 16.3 Å². The lowest BCUT2D eigenvalue weighted by Gasteiger charge is -2.19. The van der Waals surface area contributed by atoms with Crippen molar-refractivity contribution >= 4 is 45.9 Å². The first-order valence-corrected chi connectivity index (χ1v) is 10.3. The van der Waals surface area contributed by atoms with Crippen LogP contribution in [0.3, 0.4) is 0 Å². The second kappa shape index (κ2) is 8.72. The third-order valence-electron chi connectivity index (χ3n) is 4.55. The number of halogens is 1. The van der Waals surface area contributed by atoms with Crippen molar-refractivity contribution in [3.63, 3.8) is 0 Å². The maximum Gasteiger partial charge on any atom is 0.341 e. The van der Waals surface area contributed by atoms with Gasteiger partial charge in [0, 0.05) is 16.0 Å². The Kier molecular flexibility index (Phi) is 6.34. The van der Waals surface area contributed by atoms with Crippen LogP contribution < -0.4 is 5.32 Å². The van der Waals surface area contributed by atoms with Gasteiger partial charge in [0.05, 0.1) is 12.2 Å². The first-order valence-electron chi connectivity index (χ1n) is 9.07. The van der Waals surface area contributed by atoms with Crippen molar-refractivity contribution in [3.05, 3.63) is 56.9 Å². The van der Waals surface area contributed by atoms with Crippen LogP contribution in [0.4, 0.5) is 5.00 Å². The summed E-state index contributed by atoms with van der Waals surface area (Å²) in [5.41, 5.74) is 2.40. The molecule has 1 aliphatic rings. The molecule has 0 fully saturated rings. The largest absolute Gasteiger partial charge is 0.462 e. The fourth-order valence-electron chi connectivity index (χ4n) is 3.34. The highest BCUT2D eigenvalue weighted by Crippen LogP contribution is 2.43. The van der Waals surface area contributed by atoms with E-state index in [0.717, 1.165) is 30.4 Å². The predicted molar refractivity (Wildman–Crippen MR) is 111 cm³/mol. The van der Waals surface area contributed by atoms with Crippen LogP contribution in [-0.4, -0.2) is 18.5 Å². The molecule has 0 saturated carbocycles. The Labute approximate surface area is 168 Å². The first-order chi connectivity index (χ1) is 13.0. The van der Waals surface area contributed by atoms with Crippen molar-refractivity contribution in [1.82, 2.24) is 0 Å². The van der Waals surface area contributed by atoms with Gasteiger partial charge in [0.15, 0.2) is 0 Å². The number of thiophene rings is 1. The SMILES string of the molecule is CCOC(=O)c1c(NC(=O)C=Cc2cccc(Cl)c2)sc2c1C(C)CCC2. The molecule has 2 aromatic rings. The van der Waals surface area contributed by atoms with E-state index < -0.39 is 0 Å². The number of esters is 1. The number of nitrogens with one attached hydrogen (secondary N) is 1. The molecule has 142 valence electrons. The molecule has 6 heteroatoms. The predicted octanol–water partition coefficient (Wildman–Crippen LogP) is 5.67. The molecule has 1 atom stereocenters. The Hall–Kier alpha value is -2.11. The summed E-state index contributed by atoms with van der Waals surface area (Å²) < 4.78 is 5.25. The van der Waals surface area contributed by atoms with Crippen LogP contribution in [0.5, 0.6) is 0 Å². The number of aryl methyl sites for hydroxylation is 1. The average molecular weight is 404 g/mol. The monoisotopic (exact) mass is 403 g/mol. The highest BCUT2D eigenvalue weighted by molar-refractivity contribution is 7.17. The molecule has 1 heterocycles. The average Bonchev–Trinajstić information content (AvgIpc) is 2.99. The van der Waals surface area contributed by atoms with Gasteiger partial charge in [-0.2, -0.15) is 0 Å². The molecule has 27 heavy (non-hydrogen) atoms. The van der Waals surface area contributed by atoms with Crippen molar-refractivity contribution in [2.45, 2.75) is 39.0 Å². The number of carbonyl (C=O) groups excluding carboxylic acids is 2. The second-order valence-electron chi connectivity index (χ2n) is 6.53. The van der Waals surface area contributed by atoms with E-state index in [-0.39, 0.29) is 17.8 Å². The minimum atomic E-state index is -0.363. The number of fused-ring (bicyclic) bond motifs is 1. The number of benzene rings is 1. The van der Waals surface area contributed by atoms with Gasteiger partial charge in [-0.3, -0.25) is 4.79 Å².